The standard InChI is InChI=1S/C21H22N4O4/c22-25-23-12-6-5-11-19(20(26)27)24-21(28)29-13-18-16-9-3-1-7-14(16)15-8-2-4-10-17(15)18/h1-4,7-10,18-19H,5-6,11-13H2,(H,24,28)(H,26,27)/t19-/m0/s1. The maximum atomic E-state index is 12.2. The minimum absolute atomic E-state index is 0.0831. The van der Waals surface area contributed by atoms with E-state index in [0.29, 0.717) is 19.4 Å². The van der Waals surface area contributed by atoms with Crippen molar-refractivity contribution in [3.8, 4) is 11.1 Å². The summed E-state index contributed by atoms with van der Waals surface area (Å²) in [5.74, 6) is -1.21. The number of unbranched alkanes of at least 4 members (excludes halogenated alkanes) is 1. The first-order valence-corrected chi connectivity index (χ1v) is 9.47. The van der Waals surface area contributed by atoms with Crippen LogP contribution in [0.25, 0.3) is 21.6 Å². The maximum absolute atomic E-state index is 12.2. The molecule has 0 saturated carbocycles. The van der Waals surface area contributed by atoms with Crippen LogP contribution in [0.3, 0.4) is 0 Å². The van der Waals surface area contributed by atoms with Crippen molar-refractivity contribution >= 4 is 12.1 Å². The van der Waals surface area contributed by atoms with E-state index in [1.165, 1.54) is 0 Å². The zero-order valence-electron chi connectivity index (χ0n) is 15.8. The number of ether oxygens (including phenoxy) is 1. The number of carbonyl (C=O) groups excluding carboxylic acids is 1. The molecule has 3 rings (SSSR count). The van der Waals surface area contributed by atoms with Crippen molar-refractivity contribution in [1.29, 1.82) is 0 Å². The number of carboxylic acid groups (broad SMARTS) is 1. The van der Waals surface area contributed by atoms with Crippen LogP contribution in [0.4, 0.5) is 4.79 Å². The molecular formula is C21H22N4O4. The Hall–Kier alpha value is -3.51. The molecule has 1 aliphatic rings. The Labute approximate surface area is 168 Å². The molecule has 0 unspecified atom stereocenters. The van der Waals surface area contributed by atoms with Crippen molar-refractivity contribution in [1.82, 2.24) is 5.32 Å². The van der Waals surface area contributed by atoms with E-state index in [-0.39, 0.29) is 18.9 Å². The number of rotatable bonds is 9. The molecule has 0 radical (unpaired) electrons. The van der Waals surface area contributed by atoms with Crippen molar-refractivity contribution in [2.75, 3.05) is 13.2 Å². The second kappa shape index (κ2) is 9.61. The van der Waals surface area contributed by atoms with Crippen molar-refractivity contribution < 1.29 is 19.4 Å². The van der Waals surface area contributed by atoms with Crippen LogP contribution in [0.15, 0.2) is 53.6 Å². The summed E-state index contributed by atoms with van der Waals surface area (Å²) in [4.78, 5) is 26.2. The number of azide groups is 1. The number of carbonyl (C=O) groups is 2. The van der Waals surface area contributed by atoms with Gasteiger partial charge in [-0.05, 0) is 40.6 Å². The molecule has 0 fully saturated rings. The molecule has 8 nitrogen and oxygen atoms in total. The van der Waals surface area contributed by atoms with E-state index in [1.807, 2.05) is 48.5 Å². The quantitative estimate of drug-likeness (QED) is 0.282. The van der Waals surface area contributed by atoms with Crippen molar-refractivity contribution in [3.63, 3.8) is 0 Å². The monoisotopic (exact) mass is 394 g/mol. The lowest BCUT2D eigenvalue weighted by molar-refractivity contribution is -0.139. The number of hydrogen-bond donors (Lipinski definition) is 2. The summed E-state index contributed by atoms with van der Waals surface area (Å²) in [5, 5.41) is 15.1. The molecular weight excluding hydrogens is 372 g/mol. The molecule has 2 aromatic rings. The van der Waals surface area contributed by atoms with Gasteiger partial charge in [0.1, 0.15) is 12.6 Å². The van der Waals surface area contributed by atoms with Gasteiger partial charge in [-0.2, -0.15) is 0 Å². The summed E-state index contributed by atoms with van der Waals surface area (Å²) in [6.07, 6.45) is 0.551. The van der Waals surface area contributed by atoms with Crippen molar-refractivity contribution in [3.05, 3.63) is 70.1 Å². The van der Waals surface area contributed by atoms with Crippen LogP contribution in [0.1, 0.15) is 36.3 Å². The molecule has 0 spiro atoms. The predicted molar refractivity (Wildman–Crippen MR) is 107 cm³/mol. The number of aliphatic carboxylic acids is 1. The number of benzene rings is 2. The summed E-state index contributed by atoms with van der Waals surface area (Å²) >= 11 is 0. The Morgan fingerprint density at radius 1 is 1.10 bits per heavy atom. The zero-order chi connectivity index (χ0) is 20.6. The number of carboxylic acids is 1. The SMILES string of the molecule is [N-]=[N+]=NCCCC[C@H](NC(=O)OCC1c2ccccc2-c2ccccc21)C(=O)O. The molecule has 0 saturated heterocycles. The fourth-order valence-corrected chi connectivity index (χ4v) is 3.62. The molecule has 0 bridgehead atoms. The minimum atomic E-state index is -1.12. The zero-order valence-corrected chi connectivity index (χ0v) is 15.8. The van der Waals surface area contributed by atoms with Gasteiger partial charge in [-0.15, -0.1) is 0 Å². The molecule has 0 aliphatic heterocycles. The van der Waals surface area contributed by atoms with Crippen LogP contribution >= 0.6 is 0 Å². The lowest BCUT2D eigenvalue weighted by Crippen LogP contribution is -2.41. The lowest BCUT2D eigenvalue weighted by atomic mass is 9.98. The second-order valence-electron chi connectivity index (χ2n) is 6.81. The third-order valence-corrected chi connectivity index (χ3v) is 5.00. The Morgan fingerprint density at radius 3 is 2.31 bits per heavy atom. The lowest BCUT2D eigenvalue weighted by Gasteiger charge is -2.17. The highest BCUT2D eigenvalue weighted by Gasteiger charge is 2.29. The Kier molecular flexibility index (Phi) is 6.71. The molecule has 150 valence electrons. The molecule has 29 heavy (non-hydrogen) atoms. The second-order valence-corrected chi connectivity index (χ2v) is 6.81. The Bertz CT molecular complexity index is 894. The minimum Gasteiger partial charge on any atom is -0.480 e. The van der Waals surface area contributed by atoms with Gasteiger partial charge in [-0.3, -0.25) is 0 Å². The number of nitrogens with one attached hydrogen (secondary N) is 1. The molecule has 0 aromatic heterocycles. The smallest absolute Gasteiger partial charge is 0.407 e. The van der Waals surface area contributed by atoms with E-state index in [1.54, 1.807) is 0 Å². The molecule has 8 heteroatoms. The number of fused-ring (bicyclic) bond motifs is 3. The Balaban J connectivity index is 1.58. The summed E-state index contributed by atoms with van der Waals surface area (Å²) in [7, 11) is 0. The topological polar surface area (TPSA) is 124 Å². The number of nitrogens with zero attached hydrogens (tertiary/aromatic N) is 3. The molecule has 0 heterocycles. The van der Waals surface area contributed by atoms with E-state index in [0.717, 1.165) is 22.3 Å². The van der Waals surface area contributed by atoms with E-state index in [4.69, 9.17) is 10.3 Å². The van der Waals surface area contributed by atoms with Crippen molar-refractivity contribution in [2.24, 2.45) is 5.11 Å². The number of hydrogen-bond acceptors (Lipinski definition) is 4. The number of alkyl carbamates (subject to hydrolysis) is 1. The maximum Gasteiger partial charge on any atom is 0.407 e. The fourth-order valence-electron chi connectivity index (χ4n) is 3.62. The van der Waals surface area contributed by atoms with E-state index >= 15 is 0 Å². The van der Waals surface area contributed by atoms with Gasteiger partial charge in [-0.25, -0.2) is 9.59 Å². The fraction of sp³-hybridized carbons (Fsp3) is 0.333. The summed E-state index contributed by atoms with van der Waals surface area (Å²) in [5.41, 5.74) is 12.7. The molecule has 1 atom stereocenters. The van der Waals surface area contributed by atoms with Gasteiger partial charge in [-0.1, -0.05) is 60.1 Å². The number of amides is 1. The first-order valence-electron chi connectivity index (χ1n) is 9.47. The van der Waals surface area contributed by atoms with Crippen LogP contribution < -0.4 is 5.32 Å². The van der Waals surface area contributed by atoms with Gasteiger partial charge in [0.15, 0.2) is 0 Å². The van der Waals surface area contributed by atoms with Crippen LogP contribution in [0.5, 0.6) is 0 Å². The molecule has 1 aliphatic carbocycles. The third kappa shape index (κ3) is 4.86. The highest BCUT2D eigenvalue weighted by Crippen LogP contribution is 2.44. The van der Waals surface area contributed by atoms with Gasteiger partial charge >= 0.3 is 12.1 Å². The average Bonchev–Trinajstić information content (AvgIpc) is 3.05. The summed E-state index contributed by atoms with van der Waals surface area (Å²) < 4.78 is 5.39. The van der Waals surface area contributed by atoms with E-state index < -0.39 is 18.1 Å². The van der Waals surface area contributed by atoms with Crippen molar-refractivity contribution in [2.45, 2.75) is 31.2 Å². The van der Waals surface area contributed by atoms with Gasteiger partial charge in [0.05, 0.1) is 0 Å². The largest absolute Gasteiger partial charge is 0.480 e. The summed E-state index contributed by atoms with van der Waals surface area (Å²) in [6.45, 7) is 0.427. The predicted octanol–water partition coefficient (Wildman–Crippen LogP) is 4.46. The summed E-state index contributed by atoms with van der Waals surface area (Å²) in [6, 6.07) is 14.9. The Morgan fingerprint density at radius 2 is 1.72 bits per heavy atom. The van der Waals surface area contributed by atoms with E-state index in [2.05, 4.69) is 15.3 Å². The normalized spacial score (nSPS) is 13.0. The van der Waals surface area contributed by atoms with E-state index in [9.17, 15) is 14.7 Å². The first-order chi connectivity index (χ1) is 14.1. The highest BCUT2D eigenvalue weighted by molar-refractivity contribution is 5.81. The average molecular weight is 394 g/mol. The highest BCUT2D eigenvalue weighted by atomic mass is 16.5. The molecule has 2 aromatic carbocycles. The van der Waals surface area contributed by atoms with Gasteiger partial charge in [0.25, 0.3) is 0 Å². The third-order valence-electron chi connectivity index (χ3n) is 5.00. The van der Waals surface area contributed by atoms with Gasteiger partial charge < -0.3 is 15.2 Å². The van der Waals surface area contributed by atoms with Gasteiger partial charge in [0.2, 0.25) is 0 Å². The molecule has 2 N–H and O–H groups in total. The van der Waals surface area contributed by atoms with Gasteiger partial charge in [0, 0.05) is 17.4 Å². The van der Waals surface area contributed by atoms with Crippen LogP contribution in [-0.2, 0) is 9.53 Å². The first kappa shape index (κ1) is 20.2. The van der Waals surface area contributed by atoms with Crippen LogP contribution in [-0.4, -0.2) is 36.4 Å². The molecule has 1 amide bonds. The van der Waals surface area contributed by atoms with Crippen LogP contribution in [0, 0.1) is 0 Å². The van der Waals surface area contributed by atoms with Crippen LogP contribution in [0.2, 0.25) is 0 Å².